The van der Waals surface area contributed by atoms with Crippen LogP contribution in [0.5, 0.6) is 0 Å². The Labute approximate surface area is 127 Å². The first kappa shape index (κ1) is 14.5. The average molecular weight is 315 g/mol. The molecule has 0 amide bonds. The largest absolute Gasteiger partial charge is 0.476 e. The van der Waals surface area contributed by atoms with Gasteiger partial charge in [-0.15, -0.1) is 0 Å². The first-order chi connectivity index (χ1) is 10.8. The van der Waals surface area contributed by atoms with E-state index in [2.05, 4.69) is 20.0 Å². The number of aromatic carboxylic acids is 1. The van der Waals surface area contributed by atoms with Gasteiger partial charge in [-0.05, 0) is 13.0 Å². The minimum atomic E-state index is -1.49. The first-order valence-electron chi connectivity index (χ1n) is 6.37. The van der Waals surface area contributed by atoms with Crippen LogP contribution in [0.2, 0.25) is 0 Å². The third-order valence-corrected chi connectivity index (χ3v) is 3.44. The standard InChI is InChI=1S/C13H9N5O5/c1-13(14-2-3-15-13)6-4-7-8(5-9(6)18(22)23)17-11(19)10(16-7)12(20)21/h2-5H,1H3,(H,17,19)(H,20,21). The minimum Gasteiger partial charge on any atom is -0.476 e. The Balaban J connectivity index is 2.37. The van der Waals surface area contributed by atoms with Crippen molar-refractivity contribution in [3.05, 3.63) is 43.9 Å². The number of benzene rings is 1. The molecular formula is C13H9N5O5. The van der Waals surface area contributed by atoms with E-state index in [-0.39, 0.29) is 22.3 Å². The Kier molecular flexibility index (Phi) is 3.03. The fourth-order valence-corrected chi connectivity index (χ4v) is 2.33. The van der Waals surface area contributed by atoms with E-state index in [4.69, 9.17) is 5.11 Å². The van der Waals surface area contributed by atoms with E-state index in [1.54, 1.807) is 6.92 Å². The van der Waals surface area contributed by atoms with Crippen molar-refractivity contribution in [2.24, 2.45) is 9.98 Å². The molecule has 0 radical (unpaired) electrons. The number of carboxylic acid groups (broad SMARTS) is 1. The van der Waals surface area contributed by atoms with E-state index in [0.29, 0.717) is 0 Å². The molecule has 1 aromatic heterocycles. The molecule has 0 aliphatic carbocycles. The molecule has 0 saturated heterocycles. The number of nitro benzene ring substituents is 1. The van der Waals surface area contributed by atoms with Gasteiger partial charge in [0, 0.05) is 18.5 Å². The molecule has 0 spiro atoms. The zero-order valence-electron chi connectivity index (χ0n) is 11.7. The zero-order chi connectivity index (χ0) is 16.8. The molecule has 1 aromatic carbocycles. The lowest BCUT2D eigenvalue weighted by atomic mass is 10.00. The van der Waals surface area contributed by atoms with Crippen molar-refractivity contribution >= 4 is 35.1 Å². The Hall–Kier alpha value is -3.43. The molecule has 0 unspecified atom stereocenters. The Bertz CT molecular complexity index is 963. The maximum absolute atomic E-state index is 11.6. The van der Waals surface area contributed by atoms with Crippen LogP contribution in [0.4, 0.5) is 5.69 Å². The van der Waals surface area contributed by atoms with Crippen molar-refractivity contribution in [3.63, 3.8) is 0 Å². The number of H-pyrrole nitrogens is 1. The normalized spacial score (nSPS) is 15.2. The molecule has 1 aliphatic heterocycles. The number of nitrogens with zero attached hydrogens (tertiary/aromatic N) is 4. The van der Waals surface area contributed by atoms with Crippen molar-refractivity contribution in [3.8, 4) is 0 Å². The number of nitrogens with one attached hydrogen (secondary N) is 1. The molecule has 2 N–H and O–H groups in total. The van der Waals surface area contributed by atoms with Gasteiger partial charge in [0.1, 0.15) is 0 Å². The minimum absolute atomic E-state index is 0.0602. The van der Waals surface area contributed by atoms with Gasteiger partial charge >= 0.3 is 5.97 Å². The highest BCUT2D eigenvalue weighted by atomic mass is 16.6. The summed E-state index contributed by atoms with van der Waals surface area (Å²) in [4.78, 5) is 47.6. The van der Waals surface area contributed by atoms with Gasteiger partial charge in [0.2, 0.25) is 5.69 Å². The summed E-state index contributed by atoms with van der Waals surface area (Å²) in [5, 5.41) is 20.3. The summed E-state index contributed by atoms with van der Waals surface area (Å²) in [5.74, 6) is -1.49. The van der Waals surface area contributed by atoms with Crippen molar-refractivity contribution < 1.29 is 14.8 Å². The molecule has 2 aromatic rings. The van der Waals surface area contributed by atoms with Gasteiger partial charge in [-0.1, -0.05) is 0 Å². The van der Waals surface area contributed by atoms with Gasteiger partial charge in [-0.2, -0.15) is 0 Å². The van der Waals surface area contributed by atoms with Crippen molar-refractivity contribution in [1.29, 1.82) is 0 Å². The summed E-state index contributed by atoms with van der Waals surface area (Å²) in [6, 6.07) is 2.44. The monoisotopic (exact) mass is 315 g/mol. The summed E-state index contributed by atoms with van der Waals surface area (Å²) in [5.41, 5.74) is -2.81. The lowest BCUT2D eigenvalue weighted by Gasteiger charge is -2.18. The van der Waals surface area contributed by atoms with Crippen LogP contribution in [0.1, 0.15) is 23.0 Å². The van der Waals surface area contributed by atoms with Gasteiger partial charge < -0.3 is 10.1 Å². The van der Waals surface area contributed by atoms with E-state index in [9.17, 15) is 19.7 Å². The highest BCUT2D eigenvalue weighted by Gasteiger charge is 2.34. The van der Waals surface area contributed by atoms with Crippen molar-refractivity contribution in [2.75, 3.05) is 0 Å². The Morgan fingerprint density at radius 1 is 1.35 bits per heavy atom. The quantitative estimate of drug-likeness (QED) is 0.633. The highest BCUT2D eigenvalue weighted by Crippen LogP contribution is 2.37. The maximum atomic E-state index is 11.6. The number of carboxylic acids is 1. The van der Waals surface area contributed by atoms with Crippen LogP contribution < -0.4 is 5.56 Å². The lowest BCUT2D eigenvalue weighted by molar-refractivity contribution is -0.385. The second-order valence-electron chi connectivity index (χ2n) is 4.94. The van der Waals surface area contributed by atoms with Crippen molar-refractivity contribution in [1.82, 2.24) is 9.97 Å². The molecule has 23 heavy (non-hydrogen) atoms. The summed E-state index contributed by atoms with van der Waals surface area (Å²) >= 11 is 0. The van der Waals surface area contributed by atoms with Gasteiger partial charge in [0.05, 0.1) is 21.5 Å². The first-order valence-corrected chi connectivity index (χ1v) is 6.37. The predicted molar refractivity (Wildman–Crippen MR) is 80.3 cm³/mol. The number of carbonyl (C=O) groups is 1. The summed E-state index contributed by atoms with van der Waals surface area (Å²) in [7, 11) is 0. The van der Waals surface area contributed by atoms with Crippen molar-refractivity contribution in [2.45, 2.75) is 12.6 Å². The van der Waals surface area contributed by atoms with Gasteiger partial charge in [0.15, 0.2) is 5.66 Å². The number of rotatable bonds is 3. The highest BCUT2D eigenvalue weighted by molar-refractivity contribution is 6.17. The molecular weight excluding hydrogens is 306 g/mol. The molecule has 10 nitrogen and oxygen atoms in total. The van der Waals surface area contributed by atoms with Crippen LogP contribution in [0.25, 0.3) is 11.0 Å². The molecule has 116 valence electrons. The van der Waals surface area contributed by atoms with E-state index >= 15 is 0 Å². The van der Waals surface area contributed by atoms with Crippen LogP contribution in [0.15, 0.2) is 26.9 Å². The predicted octanol–water partition coefficient (Wildman–Crippen LogP) is 0.857. The molecule has 2 heterocycles. The molecule has 0 saturated carbocycles. The smallest absolute Gasteiger partial charge is 0.360 e. The van der Waals surface area contributed by atoms with Crippen LogP contribution >= 0.6 is 0 Å². The fraction of sp³-hybridized carbons (Fsp3) is 0.154. The maximum Gasteiger partial charge on any atom is 0.360 e. The topological polar surface area (TPSA) is 151 Å². The van der Waals surface area contributed by atoms with Crippen LogP contribution in [-0.4, -0.2) is 38.4 Å². The number of hydrogen-bond donors (Lipinski definition) is 2. The zero-order valence-corrected chi connectivity index (χ0v) is 11.7. The summed E-state index contributed by atoms with van der Waals surface area (Å²) < 4.78 is 0. The second-order valence-corrected chi connectivity index (χ2v) is 4.94. The lowest BCUT2D eigenvalue weighted by Crippen LogP contribution is -2.21. The molecule has 10 heteroatoms. The van der Waals surface area contributed by atoms with Gasteiger partial charge in [-0.25, -0.2) is 9.78 Å². The van der Waals surface area contributed by atoms with E-state index < -0.39 is 27.8 Å². The second kappa shape index (κ2) is 4.80. The molecule has 0 bridgehead atoms. The number of fused-ring (bicyclic) bond motifs is 1. The SMILES string of the molecule is CC1(c2cc3nc(C(=O)O)c(=O)[nH]c3cc2[N+](=O)[O-])N=CC=N1. The van der Waals surface area contributed by atoms with Crippen LogP contribution in [0, 0.1) is 10.1 Å². The van der Waals surface area contributed by atoms with Crippen LogP contribution in [-0.2, 0) is 5.66 Å². The van der Waals surface area contributed by atoms with E-state index in [0.717, 1.165) is 6.07 Å². The van der Waals surface area contributed by atoms with E-state index in [1.807, 2.05) is 0 Å². The molecule has 0 atom stereocenters. The number of nitro groups is 1. The average Bonchev–Trinajstić information content (AvgIpc) is 2.92. The molecule has 3 rings (SSSR count). The number of aliphatic imine (C=N–C) groups is 2. The third kappa shape index (κ3) is 2.25. The number of aromatic amines is 1. The Morgan fingerprint density at radius 2 is 2.00 bits per heavy atom. The van der Waals surface area contributed by atoms with E-state index in [1.165, 1.54) is 18.5 Å². The molecule has 0 fully saturated rings. The third-order valence-electron chi connectivity index (χ3n) is 3.44. The van der Waals surface area contributed by atoms with Crippen LogP contribution in [0.3, 0.4) is 0 Å². The van der Waals surface area contributed by atoms with Gasteiger partial charge in [0.25, 0.3) is 11.2 Å². The van der Waals surface area contributed by atoms with Gasteiger partial charge in [-0.3, -0.25) is 24.9 Å². The fourth-order valence-electron chi connectivity index (χ4n) is 2.33. The molecule has 1 aliphatic rings. The number of aromatic nitrogens is 2. The summed E-state index contributed by atoms with van der Waals surface area (Å²) in [6.07, 6.45) is 2.83. The number of hydrogen-bond acceptors (Lipinski definition) is 7. The summed E-state index contributed by atoms with van der Waals surface area (Å²) in [6.45, 7) is 1.57. The Morgan fingerprint density at radius 3 is 2.57 bits per heavy atom.